The Hall–Kier alpha value is -2.38. The van der Waals surface area contributed by atoms with Crippen molar-refractivity contribution in [1.29, 1.82) is 0 Å². The molecule has 1 aliphatic rings. The third-order valence-electron chi connectivity index (χ3n) is 3.47. The molecule has 2 N–H and O–H groups in total. The summed E-state index contributed by atoms with van der Waals surface area (Å²) in [6.07, 6.45) is -1.19. The predicted octanol–water partition coefficient (Wildman–Crippen LogP) is 2.81. The molecule has 1 unspecified atom stereocenters. The van der Waals surface area contributed by atoms with Gasteiger partial charge in [0.05, 0.1) is 11.1 Å². The van der Waals surface area contributed by atoms with E-state index in [2.05, 4.69) is 5.32 Å². The van der Waals surface area contributed by atoms with E-state index in [4.69, 9.17) is 21.1 Å². The van der Waals surface area contributed by atoms with Crippen LogP contribution in [0.2, 0.25) is 5.02 Å². The van der Waals surface area contributed by atoms with Crippen LogP contribution in [-0.2, 0) is 0 Å². The molecule has 1 aliphatic heterocycles. The summed E-state index contributed by atoms with van der Waals surface area (Å²) in [5.41, 5.74) is 0.375. The molecule has 0 bridgehead atoms. The summed E-state index contributed by atoms with van der Waals surface area (Å²) in [4.78, 5) is 12.1. The Morgan fingerprint density at radius 2 is 2.04 bits per heavy atom. The highest BCUT2D eigenvalue weighted by Crippen LogP contribution is 2.39. The summed E-state index contributed by atoms with van der Waals surface area (Å²) >= 11 is 6.00. The lowest BCUT2D eigenvalue weighted by atomic mass is 10.1. The van der Waals surface area contributed by atoms with E-state index >= 15 is 0 Å². The minimum absolute atomic E-state index is 0.0228. The maximum absolute atomic E-state index is 13.2. The van der Waals surface area contributed by atoms with Gasteiger partial charge in [-0.1, -0.05) is 17.7 Å². The van der Waals surface area contributed by atoms with Crippen LogP contribution in [-0.4, -0.2) is 24.4 Å². The molecule has 1 heterocycles. The molecule has 126 valence electrons. The Morgan fingerprint density at radius 1 is 1.25 bits per heavy atom. The molecule has 2 aromatic carbocycles. The zero-order chi connectivity index (χ0) is 17.3. The maximum atomic E-state index is 13.2. The molecule has 0 saturated heterocycles. The Morgan fingerprint density at radius 3 is 2.79 bits per heavy atom. The first kappa shape index (κ1) is 16.5. The van der Waals surface area contributed by atoms with Crippen LogP contribution in [0.1, 0.15) is 22.0 Å². The van der Waals surface area contributed by atoms with Crippen molar-refractivity contribution < 1.29 is 28.2 Å². The first-order valence-electron chi connectivity index (χ1n) is 6.96. The second-order valence-corrected chi connectivity index (χ2v) is 5.50. The number of carbonyl (C=O) groups is 1. The molecule has 1 amide bonds. The van der Waals surface area contributed by atoms with Gasteiger partial charge >= 0.3 is 0 Å². The van der Waals surface area contributed by atoms with Crippen LogP contribution in [0.25, 0.3) is 0 Å². The van der Waals surface area contributed by atoms with Crippen molar-refractivity contribution in [3.8, 4) is 11.5 Å². The Balaban J connectivity index is 1.67. The molecule has 8 heteroatoms. The van der Waals surface area contributed by atoms with Gasteiger partial charge in [0.15, 0.2) is 23.1 Å². The van der Waals surface area contributed by atoms with Crippen molar-refractivity contribution in [3.63, 3.8) is 0 Å². The Kier molecular flexibility index (Phi) is 4.55. The van der Waals surface area contributed by atoms with Gasteiger partial charge in [-0.15, -0.1) is 0 Å². The molecule has 0 saturated carbocycles. The molecule has 2 aromatic rings. The van der Waals surface area contributed by atoms with E-state index in [1.54, 1.807) is 0 Å². The van der Waals surface area contributed by atoms with Gasteiger partial charge in [0.25, 0.3) is 5.91 Å². The van der Waals surface area contributed by atoms with Crippen LogP contribution in [0.5, 0.6) is 11.5 Å². The average Bonchev–Trinajstić information content (AvgIpc) is 3.04. The van der Waals surface area contributed by atoms with Crippen molar-refractivity contribution in [2.24, 2.45) is 0 Å². The first-order valence-corrected chi connectivity index (χ1v) is 7.34. The number of ether oxygens (including phenoxy) is 2. The number of halogens is 3. The molecule has 0 aromatic heterocycles. The van der Waals surface area contributed by atoms with Crippen molar-refractivity contribution in [3.05, 3.63) is 58.1 Å². The monoisotopic (exact) mass is 355 g/mol. The number of nitrogens with one attached hydrogen (secondary N) is 1. The summed E-state index contributed by atoms with van der Waals surface area (Å²) in [6, 6.07) is 5.91. The molecular weight excluding hydrogens is 344 g/mol. The lowest BCUT2D eigenvalue weighted by Crippen LogP contribution is -2.28. The highest BCUT2D eigenvalue weighted by atomic mass is 35.5. The third-order valence-corrected chi connectivity index (χ3v) is 3.75. The molecule has 1 atom stereocenters. The molecule has 5 nitrogen and oxygen atoms in total. The fourth-order valence-electron chi connectivity index (χ4n) is 2.23. The van der Waals surface area contributed by atoms with Crippen LogP contribution in [0.3, 0.4) is 0 Å². The highest BCUT2D eigenvalue weighted by Gasteiger charge is 2.21. The second-order valence-electron chi connectivity index (χ2n) is 5.09. The van der Waals surface area contributed by atoms with Crippen LogP contribution in [0.15, 0.2) is 30.3 Å². The molecule has 0 aliphatic carbocycles. The largest absolute Gasteiger partial charge is 0.454 e. The molecule has 0 spiro atoms. The van der Waals surface area contributed by atoms with Gasteiger partial charge < -0.3 is 19.9 Å². The lowest BCUT2D eigenvalue weighted by molar-refractivity contribution is 0.0915. The number of carbonyl (C=O) groups excluding carboxylic acids is 1. The number of aliphatic hydroxyl groups is 1. The van der Waals surface area contributed by atoms with E-state index in [0.717, 1.165) is 12.1 Å². The van der Waals surface area contributed by atoms with Crippen LogP contribution < -0.4 is 14.8 Å². The maximum Gasteiger partial charge on any atom is 0.251 e. The van der Waals surface area contributed by atoms with Gasteiger partial charge in [-0.2, -0.15) is 0 Å². The summed E-state index contributed by atoms with van der Waals surface area (Å²) in [5.74, 6) is -1.86. The van der Waals surface area contributed by atoms with E-state index < -0.39 is 23.6 Å². The number of fused-ring (bicyclic) bond motifs is 1. The number of amides is 1. The fourth-order valence-corrected chi connectivity index (χ4v) is 2.49. The number of aliphatic hydroxyl groups excluding tert-OH is 1. The highest BCUT2D eigenvalue weighted by molar-refractivity contribution is 6.32. The number of hydrogen-bond donors (Lipinski definition) is 2. The fraction of sp³-hybridized carbons (Fsp3) is 0.188. The topological polar surface area (TPSA) is 67.8 Å². The number of hydrogen-bond acceptors (Lipinski definition) is 4. The average molecular weight is 356 g/mol. The van der Waals surface area contributed by atoms with Gasteiger partial charge in [-0.25, -0.2) is 8.78 Å². The second kappa shape index (κ2) is 6.62. The standard InChI is InChI=1S/C16H12ClF2NO4/c17-10-3-9(5-14-15(10)24-7-23-14)16(22)20-6-13(21)8-1-2-11(18)12(19)4-8/h1-5,13,21H,6-7H2,(H,20,22). The van der Waals surface area contributed by atoms with E-state index in [9.17, 15) is 18.7 Å². The van der Waals surface area contributed by atoms with Crippen molar-refractivity contribution in [2.45, 2.75) is 6.10 Å². The first-order chi connectivity index (χ1) is 11.5. The molecule has 24 heavy (non-hydrogen) atoms. The lowest BCUT2D eigenvalue weighted by Gasteiger charge is -2.13. The van der Waals surface area contributed by atoms with E-state index in [1.165, 1.54) is 18.2 Å². The minimum atomic E-state index is -1.19. The smallest absolute Gasteiger partial charge is 0.251 e. The molecule has 0 fully saturated rings. The van der Waals surface area contributed by atoms with E-state index in [1.807, 2.05) is 0 Å². The quantitative estimate of drug-likeness (QED) is 0.885. The number of rotatable bonds is 4. The third kappa shape index (κ3) is 3.27. The normalized spacial score (nSPS) is 13.7. The molecule has 3 rings (SSSR count). The van der Waals surface area contributed by atoms with Gasteiger partial charge in [0.2, 0.25) is 6.79 Å². The van der Waals surface area contributed by atoms with Gasteiger partial charge in [0, 0.05) is 12.1 Å². The van der Waals surface area contributed by atoms with Gasteiger partial charge in [0.1, 0.15) is 0 Å². The van der Waals surface area contributed by atoms with Crippen LogP contribution in [0.4, 0.5) is 8.78 Å². The van der Waals surface area contributed by atoms with E-state index in [-0.39, 0.29) is 29.5 Å². The molecule has 0 radical (unpaired) electrons. The molecular formula is C16H12ClF2NO4. The van der Waals surface area contributed by atoms with Crippen molar-refractivity contribution in [2.75, 3.05) is 13.3 Å². The van der Waals surface area contributed by atoms with Crippen LogP contribution >= 0.6 is 11.6 Å². The predicted molar refractivity (Wildman–Crippen MR) is 81.2 cm³/mol. The Labute approximate surface area is 140 Å². The number of benzene rings is 2. The van der Waals surface area contributed by atoms with Crippen molar-refractivity contribution in [1.82, 2.24) is 5.32 Å². The minimum Gasteiger partial charge on any atom is -0.454 e. The summed E-state index contributed by atoms with van der Waals surface area (Å²) in [6.45, 7) is -0.162. The zero-order valence-corrected chi connectivity index (χ0v) is 12.9. The van der Waals surface area contributed by atoms with E-state index in [0.29, 0.717) is 11.5 Å². The summed E-state index contributed by atoms with van der Waals surface area (Å²) in [7, 11) is 0. The summed E-state index contributed by atoms with van der Waals surface area (Å²) in [5, 5.41) is 12.7. The zero-order valence-electron chi connectivity index (χ0n) is 12.2. The van der Waals surface area contributed by atoms with Crippen LogP contribution in [0, 0.1) is 11.6 Å². The van der Waals surface area contributed by atoms with Gasteiger partial charge in [-0.05, 0) is 29.8 Å². The van der Waals surface area contributed by atoms with Gasteiger partial charge in [-0.3, -0.25) is 4.79 Å². The Bertz CT molecular complexity index is 800. The van der Waals surface area contributed by atoms with Crippen molar-refractivity contribution >= 4 is 17.5 Å². The summed E-state index contributed by atoms with van der Waals surface area (Å²) < 4.78 is 36.4. The SMILES string of the molecule is O=C(NCC(O)c1ccc(F)c(F)c1)c1cc(Cl)c2c(c1)OCO2.